The Morgan fingerprint density at radius 2 is 1.69 bits per heavy atom. The molecule has 1 aromatic heterocycles. The summed E-state index contributed by atoms with van der Waals surface area (Å²) in [5.41, 5.74) is 15.2. The van der Waals surface area contributed by atoms with Crippen LogP contribution >= 0.6 is 0 Å². The van der Waals surface area contributed by atoms with Crippen LogP contribution in [0.1, 0.15) is 179 Å². The molecule has 3 aliphatic rings. The van der Waals surface area contributed by atoms with Crippen molar-refractivity contribution in [3.05, 3.63) is 118 Å². The van der Waals surface area contributed by atoms with Gasteiger partial charge in [-0.3, -0.25) is 34.1 Å². The maximum absolute atomic E-state index is 15.2. The summed E-state index contributed by atoms with van der Waals surface area (Å²) in [7, 11) is 1.80. The number of pyridine rings is 1. The van der Waals surface area contributed by atoms with Gasteiger partial charge in [0.05, 0.1) is 12.3 Å². The van der Waals surface area contributed by atoms with Crippen molar-refractivity contribution < 1.29 is 79.5 Å². The van der Waals surface area contributed by atoms with Gasteiger partial charge in [-0.05, 0) is 133 Å². The number of halogens is 2. The number of rotatable bonds is 21. The summed E-state index contributed by atoms with van der Waals surface area (Å²) in [6.45, 7) is 43.7. The van der Waals surface area contributed by atoms with Crippen molar-refractivity contribution in [1.29, 1.82) is 0 Å². The van der Waals surface area contributed by atoms with Crippen molar-refractivity contribution in [1.82, 2.24) is 25.0 Å². The fourth-order valence-corrected chi connectivity index (χ4v) is 10.5. The second-order valence-electron chi connectivity index (χ2n) is 21.3. The molecule has 78 heavy (non-hydrogen) atoms. The summed E-state index contributed by atoms with van der Waals surface area (Å²) in [5, 5.41) is 5.00. The van der Waals surface area contributed by atoms with Gasteiger partial charge in [-0.25, -0.2) is 14.3 Å². The molecule has 1 amide bonds. The van der Waals surface area contributed by atoms with Gasteiger partial charge < -0.3 is 18.0 Å². The molecule has 0 bridgehead atoms. The van der Waals surface area contributed by atoms with Crippen LogP contribution in [0.15, 0.2) is 66.0 Å². The van der Waals surface area contributed by atoms with Gasteiger partial charge in [-0.15, -0.1) is 6.42 Å². The molecule has 1 fully saturated rings. The van der Waals surface area contributed by atoms with E-state index in [0.29, 0.717) is 59.7 Å². The number of primary amides is 1. The summed E-state index contributed by atoms with van der Waals surface area (Å²) >= 11 is 0. The summed E-state index contributed by atoms with van der Waals surface area (Å²) < 4.78 is 30.1. The molecule has 4 heterocycles. The minimum atomic E-state index is -0.557. The number of hydrogen-bond acceptors (Lipinski definition) is 11. The molecule has 3 aromatic rings. The second kappa shape index (κ2) is 34.8. The quantitative estimate of drug-likeness (QED) is 0.0349. The zero-order valence-electron chi connectivity index (χ0n) is 51.4. The smallest absolute Gasteiger partial charge is 0.392 e. The Balaban J connectivity index is 0.000000499. The third-order valence-electron chi connectivity index (χ3n) is 14.9. The average Bonchev–Trinajstić information content (AvgIpc) is 3.39. The topological polar surface area (TPSA) is 120 Å². The molecule has 4 unspecified atom stereocenters. The minimum Gasteiger partial charge on any atom is -0.392 e. The molecule has 15 heteroatoms. The van der Waals surface area contributed by atoms with E-state index in [9.17, 15) is 14.0 Å². The largest absolute Gasteiger partial charge is 1.00 e. The first-order valence-corrected chi connectivity index (χ1v) is 28.6. The number of hydrogen-bond donors (Lipinski definition) is 2. The number of hydroxylamine groups is 1. The standard InChI is InChI=1S/C31H40F2N4O2.C28H47N4O2.2C2H6.K/c1-19(16-28-23(5)35-12-9-30(28)37(33)39-22(4)17-21(3)34-8)24(6)36-13-10-26(11-14-36)31-20(2)15-27(25(7)38)18-29(31)32;1-7-10-22(11-8-2)19-31-15-14-30(17-21(31)4)18-23-12-13-26-24(16-23)28(5,6)20-34-32(26)25(9-3)27(29)33;2*1-2;/h9-10,12,15-18,22,24,34H,11,13-14H2,1-8H3;12-13,16,21-22,25H,3,7-11,14-15,17-20H2,1-2,4-6H3,(H2,29,33);2*1-2H3;/q;-1;;;+1/b19-16+,21-17+;;;;. The van der Waals surface area contributed by atoms with Gasteiger partial charge in [-0.2, -0.15) is 0 Å². The first-order valence-electron chi connectivity index (χ1n) is 28.6. The number of piperazine rings is 1. The van der Waals surface area contributed by atoms with Crippen LogP contribution in [0.2, 0.25) is 0 Å². The van der Waals surface area contributed by atoms with Crippen LogP contribution in [-0.2, 0) is 26.4 Å². The monoisotopic (exact) mass is 1110 g/mol. The Morgan fingerprint density at radius 1 is 1.03 bits per heavy atom. The molecule has 0 aliphatic carbocycles. The molecule has 1 saturated heterocycles. The van der Waals surface area contributed by atoms with Gasteiger partial charge in [0.15, 0.2) is 5.78 Å². The van der Waals surface area contributed by atoms with Crippen LogP contribution in [0, 0.1) is 32.5 Å². The molecule has 3 aliphatic heterocycles. The first-order chi connectivity index (χ1) is 36.6. The van der Waals surface area contributed by atoms with E-state index in [2.05, 4.69) is 97.7 Å². The van der Waals surface area contributed by atoms with Crippen LogP contribution in [0.4, 0.5) is 20.2 Å². The Labute approximate surface area is 513 Å². The number of fused-ring (bicyclic) bond motifs is 1. The molecule has 12 nitrogen and oxygen atoms in total. The Morgan fingerprint density at radius 3 is 2.24 bits per heavy atom. The molecule has 2 aromatic carbocycles. The zero-order chi connectivity index (χ0) is 57.7. The van der Waals surface area contributed by atoms with Gasteiger partial charge in [0.1, 0.15) is 23.7 Å². The van der Waals surface area contributed by atoms with Gasteiger partial charge >= 0.3 is 51.4 Å². The average molecular weight is 1110 g/mol. The molecule has 6 rings (SSSR count). The number of carbonyl (C=O) groups is 2. The Bertz CT molecular complexity index is 2420. The van der Waals surface area contributed by atoms with Crippen molar-refractivity contribution in [2.75, 3.05) is 63.3 Å². The predicted octanol–water partition coefficient (Wildman–Crippen LogP) is 10.3. The first kappa shape index (κ1) is 70.8. The number of aryl methyl sites for hydroxylation is 2. The van der Waals surface area contributed by atoms with E-state index in [0.717, 1.165) is 66.7 Å². The number of aromatic nitrogens is 1. The number of allylic oxidation sites excluding steroid dienone is 1. The van der Waals surface area contributed by atoms with Crippen LogP contribution in [0.5, 0.6) is 0 Å². The summed E-state index contributed by atoms with van der Waals surface area (Å²) in [6.07, 6.45) is 13.2. The van der Waals surface area contributed by atoms with Crippen LogP contribution in [-0.4, -0.2) is 109 Å². The molecule has 3 N–H and O–H groups in total. The van der Waals surface area contributed by atoms with Crippen molar-refractivity contribution in [2.24, 2.45) is 11.7 Å². The fraction of sp³-hybridized carbons (Fsp3) is 0.587. The van der Waals surface area contributed by atoms with Crippen molar-refractivity contribution >= 4 is 34.7 Å². The van der Waals surface area contributed by atoms with Gasteiger partial charge in [-0.1, -0.05) is 108 Å². The number of carbonyl (C=O) groups excluding carboxylic acids is 2. The number of ketones is 1. The number of nitrogens with one attached hydrogen (secondary N) is 1. The van der Waals surface area contributed by atoms with Crippen LogP contribution in [0.25, 0.3) is 11.6 Å². The molecule has 430 valence electrons. The zero-order valence-corrected chi connectivity index (χ0v) is 54.5. The normalized spacial score (nSPS) is 18.0. The Hall–Kier alpha value is -3.35. The SMILES string of the molecule is CC.CC.CN/C(C)=C/C(C)ON(F)c1ccnc(C)c1/C=C(\C)C(C)N1CC=C(c2c(C)cc(C(C)=O)cc2F)CC1.[CH2-]CC(C(N)=O)N1OCC(C)(C)c2cc(CN3CCN(CC(CCC)CCC)C(C)C3)ccc21.[K+]. The van der Waals surface area contributed by atoms with Crippen molar-refractivity contribution in [3.63, 3.8) is 0 Å². The van der Waals surface area contributed by atoms with E-state index in [-0.39, 0.29) is 80.1 Å². The fourth-order valence-electron chi connectivity index (χ4n) is 10.5. The van der Waals surface area contributed by atoms with E-state index < -0.39 is 18.1 Å². The van der Waals surface area contributed by atoms with E-state index in [1.807, 2.05) is 61.5 Å². The minimum absolute atomic E-state index is 0. The molecular weight excluding hydrogens is 1010 g/mol. The van der Waals surface area contributed by atoms with E-state index in [1.165, 1.54) is 56.3 Å². The summed E-state index contributed by atoms with van der Waals surface area (Å²) in [4.78, 5) is 47.1. The molecule has 0 spiro atoms. The molecule has 0 saturated carbocycles. The summed E-state index contributed by atoms with van der Waals surface area (Å²) in [5.74, 6) is -0.0723. The number of amides is 1. The third-order valence-corrected chi connectivity index (χ3v) is 14.9. The third kappa shape index (κ3) is 20.0. The van der Waals surface area contributed by atoms with Gasteiger partial charge in [0.25, 0.3) is 0 Å². The number of benzene rings is 2. The number of nitrogens with two attached hydrogens (primary N) is 1. The van der Waals surface area contributed by atoms with Crippen molar-refractivity contribution in [3.8, 4) is 0 Å². The van der Waals surface area contributed by atoms with Gasteiger partial charge in [0.2, 0.25) is 5.91 Å². The number of anilines is 2. The van der Waals surface area contributed by atoms with Crippen LogP contribution in [0.3, 0.4) is 0 Å². The Kier molecular flexibility index (Phi) is 31.6. The van der Waals surface area contributed by atoms with Crippen LogP contribution < -0.4 is 72.8 Å². The maximum Gasteiger partial charge on any atom is 1.00 e. The molecule has 4 atom stereocenters. The summed E-state index contributed by atoms with van der Waals surface area (Å²) in [6, 6.07) is 11.4. The molecule has 0 radical (unpaired) electrons. The van der Waals surface area contributed by atoms with E-state index >= 15 is 4.48 Å². The van der Waals surface area contributed by atoms with E-state index in [4.69, 9.17) is 15.4 Å². The predicted molar refractivity (Wildman–Crippen MR) is 318 cm³/mol. The number of Topliss-reactive ketones (excluding diaryl/α,β-unsaturated/α-hetero) is 1. The maximum atomic E-state index is 15.2. The van der Waals surface area contributed by atoms with Crippen molar-refractivity contribution in [2.45, 2.75) is 185 Å². The van der Waals surface area contributed by atoms with E-state index in [1.54, 1.807) is 43.4 Å². The second-order valence-corrected chi connectivity index (χ2v) is 21.3. The molecular formula is C63H99F2KN8O4. The van der Waals surface area contributed by atoms with Gasteiger partial charge in [0, 0.05) is 105 Å². The number of nitrogens with zero attached hydrogens (tertiary/aromatic N) is 6.